The molecule has 2 aliphatic rings. The topological polar surface area (TPSA) is 31.1 Å². The van der Waals surface area contributed by atoms with E-state index in [2.05, 4.69) is 50.9 Å². The van der Waals surface area contributed by atoms with Crippen LogP contribution in [-0.2, 0) is 12.8 Å². The smallest absolute Gasteiger partial charge is 0.0909 e. The zero-order valence-electron chi connectivity index (χ0n) is 13.8. The number of rotatable bonds is 2. The molecule has 3 heterocycles. The Hall–Kier alpha value is -1.78. The highest BCUT2D eigenvalue weighted by Gasteiger charge is 2.23. The van der Waals surface area contributed by atoms with Gasteiger partial charge in [0.1, 0.15) is 0 Å². The van der Waals surface area contributed by atoms with Crippen molar-refractivity contribution in [1.82, 2.24) is 10.3 Å². The summed E-state index contributed by atoms with van der Waals surface area (Å²) in [5.41, 5.74) is 5.79. The Morgan fingerprint density at radius 1 is 1.12 bits per heavy atom. The third kappa shape index (κ3) is 2.45. The summed E-state index contributed by atoms with van der Waals surface area (Å²) >= 11 is 1.84. The maximum absolute atomic E-state index is 3.72. The van der Waals surface area contributed by atoms with Crippen LogP contribution < -0.4 is 10.2 Å². The number of piperazine rings is 1. The van der Waals surface area contributed by atoms with Gasteiger partial charge in [-0.05, 0) is 66.5 Å². The molecule has 4 heteroatoms. The second-order valence-corrected chi connectivity index (χ2v) is 7.92. The van der Waals surface area contributed by atoms with Crippen molar-refractivity contribution in [2.24, 2.45) is 0 Å². The monoisotopic (exact) mass is 337 g/mol. The summed E-state index contributed by atoms with van der Waals surface area (Å²) in [5, 5.41) is 8.73. The van der Waals surface area contributed by atoms with Gasteiger partial charge in [0.15, 0.2) is 0 Å². The number of nitrogens with zero attached hydrogens (tertiary/aromatic N) is 1. The lowest BCUT2D eigenvalue weighted by Gasteiger charge is -2.34. The first-order valence-corrected chi connectivity index (χ1v) is 9.92. The fourth-order valence-corrected chi connectivity index (χ4v) is 5.03. The molecule has 0 spiro atoms. The second kappa shape index (κ2) is 5.94. The van der Waals surface area contributed by atoms with Gasteiger partial charge in [0.2, 0.25) is 0 Å². The minimum Gasteiger partial charge on any atom is -0.360 e. The molecular formula is C20H23N3S. The first kappa shape index (κ1) is 14.6. The van der Waals surface area contributed by atoms with Crippen molar-refractivity contribution in [2.45, 2.75) is 31.7 Å². The lowest BCUT2D eigenvalue weighted by molar-refractivity contribution is 0.474. The van der Waals surface area contributed by atoms with Crippen LogP contribution in [-0.4, -0.2) is 24.6 Å². The average molecular weight is 337 g/mol. The summed E-state index contributed by atoms with van der Waals surface area (Å²) in [4.78, 5) is 6.16. The minimum atomic E-state index is 0.416. The van der Waals surface area contributed by atoms with Crippen molar-refractivity contribution in [3.63, 3.8) is 0 Å². The highest BCUT2D eigenvalue weighted by Crippen LogP contribution is 2.32. The second-order valence-electron chi connectivity index (χ2n) is 7.00. The van der Waals surface area contributed by atoms with Crippen LogP contribution in [0, 0.1) is 0 Å². The van der Waals surface area contributed by atoms with E-state index in [0.29, 0.717) is 6.04 Å². The van der Waals surface area contributed by atoms with Gasteiger partial charge in [-0.2, -0.15) is 0 Å². The van der Waals surface area contributed by atoms with Gasteiger partial charge in [-0.15, -0.1) is 11.3 Å². The van der Waals surface area contributed by atoms with Crippen LogP contribution >= 0.6 is 11.3 Å². The van der Waals surface area contributed by atoms with Gasteiger partial charge in [-0.3, -0.25) is 0 Å². The van der Waals surface area contributed by atoms with Crippen LogP contribution in [0.3, 0.4) is 0 Å². The van der Waals surface area contributed by atoms with Gasteiger partial charge in [0.05, 0.1) is 5.00 Å². The number of thiophene rings is 1. The zero-order valence-corrected chi connectivity index (χ0v) is 14.7. The van der Waals surface area contributed by atoms with E-state index in [9.17, 15) is 0 Å². The van der Waals surface area contributed by atoms with E-state index in [4.69, 9.17) is 0 Å². The van der Waals surface area contributed by atoms with E-state index in [1.807, 2.05) is 11.3 Å². The van der Waals surface area contributed by atoms with E-state index >= 15 is 0 Å². The maximum Gasteiger partial charge on any atom is 0.0909 e. The molecular weight excluding hydrogens is 314 g/mol. The highest BCUT2D eigenvalue weighted by molar-refractivity contribution is 7.14. The van der Waals surface area contributed by atoms with E-state index in [0.717, 1.165) is 19.6 Å². The van der Waals surface area contributed by atoms with Crippen molar-refractivity contribution >= 4 is 27.2 Å². The first-order chi connectivity index (χ1) is 11.9. The summed E-state index contributed by atoms with van der Waals surface area (Å²) in [5.74, 6) is 0. The Morgan fingerprint density at radius 2 is 2.08 bits per heavy atom. The molecule has 1 saturated heterocycles. The molecule has 1 unspecified atom stereocenters. The Morgan fingerprint density at radius 3 is 3.00 bits per heavy atom. The average Bonchev–Trinajstić information content (AvgIpc) is 3.29. The number of hydrogen-bond acceptors (Lipinski definition) is 3. The number of anilines is 1. The Balaban J connectivity index is 1.47. The predicted molar refractivity (Wildman–Crippen MR) is 102 cm³/mol. The number of hydrogen-bond donors (Lipinski definition) is 2. The molecule has 0 radical (unpaired) electrons. The standard InChI is InChI=1S/C20H23N3S/c1-2-5-17-15(4-1)16-12-14(7-8-18(16)22-17)19-13-23(10-9-21-19)20-6-3-11-24-20/h3,6-8,11-12,19,21-22H,1-2,4-5,9-10,13H2. The summed E-state index contributed by atoms with van der Waals surface area (Å²) < 4.78 is 0. The van der Waals surface area contributed by atoms with Gasteiger partial charge in [0, 0.05) is 42.3 Å². The molecule has 0 saturated carbocycles. The van der Waals surface area contributed by atoms with E-state index in [-0.39, 0.29) is 0 Å². The maximum atomic E-state index is 3.72. The van der Waals surface area contributed by atoms with Gasteiger partial charge >= 0.3 is 0 Å². The third-order valence-corrected chi connectivity index (χ3v) is 6.45. The summed E-state index contributed by atoms with van der Waals surface area (Å²) in [7, 11) is 0. The predicted octanol–water partition coefficient (Wildman–Crippen LogP) is 4.26. The van der Waals surface area contributed by atoms with Crippen LogP contribution in [0.15, 0.2) is 35.7 Å². The molecule has 1 fully saturated rings. The molecule has 5 rings (SSSR count). The van der Waals surface area contributed by atoms with Crippen LogP contribution in [0.5, 0.6) is 0 Å². The van der Waals surface area contributed by atoms with E-state index in [1.54, 1.807) is 5.56 Å². The van der Waals surface area contributed by atoms with Crippen molar-refractivity contribution < 1.29 is 0 Å². The van der Waals surface area contributed by atoms with Gasteiger partial charge in [0.25, 0.3) is 0 Å². The van der Waals surface area contributed by atoms with Crippen LogP contribution in [0.1, 0.15) is 35.7 Å². The summed E-state index contributed by atoms with van der Waals surface area (Å²) in [6.45, 7) is 3.20. The molecule has 3 aromatic rings. The first-order valence-electron chi connectivity index (χ1n) is 9.04. The number of aromatic nitrogens is 1. The lowest BCUT2D eigenvalue weighted by atomic mass is 9.94. The number of aromatic amines is 1. The van der Waals surface area contributed by atoms with Crippen molar-refractivity contribution in [3.05, 3.63) is 52.5 Å². The van der Waals surface area contributed by atoms with Crippen LogP contribution in [0.25, 0.3) is 10.9 Å². The third-order valence-electron chi connectivity index (χ3n) is 5.52. The van der Waals surface area contributed by atoms with Crippen molar-refractivity contribution in [2.75, 3.05) is 24.5 Å². The van der Waals surface area contributed by atoms with Gasteiger partial charge < -0.3 is 15.2 Å². The van der Waals surface area contributed by atoms with Crippen LogP contribution in [0.2, 0.25) is 0 Å². The number of nitrogens with one attached hydrogen (secondary N) is 2. The van der Waals surface area contributed by atoms with Crippen molar-refractivity contribution in [1.29, 1.82) is 0 Å². The van der Waals surface area contributed by atoms with Crippen LogP contribution in [0.4, 0.5) is 5.00 Å². The molecule has 1 aromatic carbocycles. The molecule has 1 aliphatic carbocycles. The number of benzene rings is 1. The number of H-pyrrole nitrogens is 1. The fourth-order valence-electron chi connectivity index (χ4n) is 4.26. The van der Waals surface area contributed by atoms with Gasteiger partial charge in [-0.25, -0.2) is 0 Å². The van der Waals surface area contributed by atoms with E-state index in [1.165, 1.54) is 52.8 Å². The normalized spacial score (nSPS) is 21.2. The minimum absolute atomic E-state index is 0.416. The molecule has 0 bridgehead atoms. The molecule has 2 N–H and O–H groups in total. The summed E-state index contributed by atoms with van der Waals surface area (Å²) in [6, 6.07) is 11.8. The molecule has 24 heavy (non-hydrogen) atoms. The van der Waals surface area contributed by atoms with Crippen molar-refractivity contribution in [3.8, 4) is 0 Å². The lowest BCUT2D eigenvalue weighted by Crippen LogP contribution is -2.45. The van der Waals surface area contributed by atoms with E-state index < -0.39 is 0 Å². The Labute approximate surface area is 146 Å². The highest BCUT2D eigenvalue weighted by atomic mass is 32.1. The quantitative estimate of drug-likeness (QED) is 0.732. The Bertz CT molecular complexity index is 849. The zero-order chi connectivity index (χ0) is 15.9. The molecule has 1 aliphatic heterocycles. The Kier molecular flexibility index (Phi) is 3.60. The molecule has 124 valence electrons. The molecule has 1 atom stereocenters. The molecule has 0 amide bonds. The molecule has 2 aromatic heterocycles. The number of aryl methyl sites for hydroxylation is 2. The van der Waals surface area contributed by atoms with Gasteiger partial charge in [-0.1, -0.05) is 6.07 Å². The largest absolute Gasteiger partial charge is 0.360 e. The molecule has 3 nitrogen and oxygen atoms in total. The fraction of sp³-hybridized carbons (Fsp3) is 0.400. The summed E-state index contributed by atoms with van der Waals surface area (Å²) in [6.07, 6.45) is 5.11. The number of fused-ring (bicyclic) bond motifs is 3. The SMILES string of the molecule is c1csc(N2CCNC(c3ccc4[nH]c5c(c4c3)CCCC5)C2)c1.